The Kier molecular flexibility index (Phi) is 5.07. The Bertz CT molecular complexity index is 566. The molecule has 1 unspecified atom stereocenters. The molecule has 0 aromatic heterocycles. The minimum Gasteiger partial charge on any atom is -0.494 e. The van der Waals surface area contributed by atoms with Crippen LogP contribution in [0.15, 0.2) is 46.9 Å². The van der Waals surface area contributed by atoms with Crippen LogP contribution in [0.4, 0.5) is 5.69 Å². The van der Waals surface area contributed by atoms with Crippen molar-refractivity contribution in [2.75, 3.05) is 11.9 Å². The summed E-state index contributed by atoms with van der Waals surface area (Å²) in [5, 5.41) is 3.55. The van der Waals surface area contributed by atoms with Crippen molar-refractivity contribution in [1.29, 1.82) is 0 Å². The second kappa shape index (κ2) is 6.80. The second-order valence-electron chi connectivity index (χ2n) is 4.78. The van der Waals surface area contributed by atoms with Gasteiger partial charge in [0.25, 0.3) is 0 Å². The summed E-state index contributed by atoms with van der Waals surface area (Å²) in [6, 6.07) is 14.7. The lowest BCUT2D eigenvalue weighted by Gasteiger charge is -2.18. The molecule has 0 aliphatic heterocycles. The Morgan fingerprint density at radius 2 is 1.85 bits per heavy atom. The lowest BCUT2D eigenvalue weighted by Crippen LogP contribution is -2.07. The van der Waals surface area contributed by atoms with Gasteiger partial charge in [-0.1, -0.05) is 34.1 Å². The fraction of sp³-hybridized carbons (Fsp3) is 0.294. The van der Waals surface area contributed by atoms with Crippen molar-refractivity contribution >= 4 is 21.6 Å². The Balaban J connectivity index is 2.11. The number of nitrogens with one attached hydrogen (secondary N) is 1. The highest BCUT2D eigenvalue weighted by molar-refractivity contribution is 9.10. The third-order valence-corrected chi connectivity index (χ3v) is 4.19. The summed E-state index contributed by atoms with van der Waals surface area (Å²) in [5.41, 5.74) is 3.62. The van der Waals surface area contributed by atoms with E-state index < -0.39 is 0 Å². The molecule has 0 fully saturated rings. The first-order valence-corrected chi connectivity index (χ1v) is 7.65. The van der Waals surface area contributed by atoms with Gasteiger partial charge in [-0.25, -0.2) is 0 Å². The van der Waals surface area contributed by atoms with Gasteiger partial charge in [0.1, 0.15) is 5.75 Å². The predicted octanol–water partition coefficient (Wildman–Crippen LogP) is 5.33. The van der Waals surface area contributed by atoms with E-state index in [1.54, 1.807) is 0 Å². The Morgan fingerprint density at radius 1 is 1.15 bits per heavy atom. The lowest BCUT2D eigenvalue weighted by molar-refractivity contribution is 0.340. The van der Waals surface area contributed by atoms with E-state index >= 15 is 0 Å². The molecule has 0 saturated heterocycles. The second-order valence-corrected chi connectivity index (χ2v) is 5.63. The molecule has 3 heteroatoms. The summed E-state index contributed by atoms with van der Waals surface area (Å²) >= 11 is 3.56. The number of anilines is 1. The van der Waals surface area contributed by atoms with Gasteiger partial charge in [-0.2, -0.15) is 0 Å². The van der Waals surface area contributed by atoms with E-state index in [0.717, 1.165) is 15.9 Å². The molecule has 0 spiro atoms. The standard InChI is InChI=1S/C17H20BrNO/c1-4-20-15-10-8-14(9-11-15)13(3)19-17-7-5-6-16(18)12(17)2/h5-11,13,19H,4H2,1-3H3. The highest BCUT2D eigenvalue weighted by atomic mass is 79.9. The molecule has 106 valence electrons. The van der Waals surface area contributed by atoms with E-state index in [2.05, 4.69) is 59.4 Å². The van der Waals surface area contributed by atoms with Crippen LogP contribution >= 0.6 is 15.9 Å². The van der Waals surface area contributed by atoms with E-state index in [-0.39, 0.29) is 6.04 Å². The molecule has 2 nitrogen and oxygen atoms in total. The molecule has 0 bridgehead atoms. The molecule has 0 radical (unpaired) electrons. The van der Waals surface area contributed by atoms with Gasteiger partial charge >= 0.3 is 0 Å². The summed E-state index contributed by atoms with van der Waals surface area (Å²) in [7, 11) is 0. The van der Waals surface area contributed by atoms with E-state index in [4.69, 9.17) is 4.74 Å². The quantitative estimate of drug-likeness (QED) is 0.798. The minimum atomic E-state index is 0.249. The van der Waals surface area contributed by atoms with E-state index in [9.17, 15) is 0 Å². The van der Waals surface area contributed by atoms with Crippen LogP contribution in [-0.2, 0) is 0 Å². The molecule has 2 aromatic rings. The summed E-state index contributed by atoms with van der Waals surface area (Å²) in [5.74, 6) is 0.919. The van der Waals surface area contributed by atoms with Crippen LogP contribution in [0.2, 0.25) is 0 Å². The zero-order chi connectivity index (χ0) is 14.5. The summed E-state index contributed by atoms with van der Waals surface area (Å²) in [4.78, 5) is 0. The average molecular weight is 334 g/mol. The fourth-order valence-electron chi connectivity index (χ4n) is 2.10. The highest BCUT2D eigenvalue weighted by Gasteiger charge is 2.08. The summed E-state index contributed by atoms with van der Waals surface area (Å²) < 4.78 is 6.59. The fourth-order valence-corrected chi connectivity index (χ4v) is 2.47. The first-order valence-electron chi connectivity index (χ1n) is 6.86. The molecular weight excluding hydrogens is 314 g/mol. The minimum absolute atomic E-state index is 0.249. The molecule has 0 aliphatic carbocycles. The van der Waals surface area contributed by atoms with Gasteiger partial charge in [0.05, 0.1) is 6.61 Å². The van der Waals surface area contributed by atoms with Crippen LogP contribution in [0.5, 0.6) is 5.75 Å². The monoisotopic (exact) mass is 333 g/mol. The largest absolute Gasteiger partial charge is 0.494 e. The zero-order valence-corrected chi connectivity index (χ0v) is 13.7. The smallest absolute Gasteiger partial charge is 0.119 e. The van der Waals surface area contributed by atoms with Crippen LogP contribution < -0.4 is 10.1 Å². The molecule has 2 aromatic carbocycles. The van der Waals surface area contributed by atoms with Crippen molar-refractivity contribution in [2.45, 2.75) is 26.8 Å². The van der Waals surface area contributed by atoms with Gasteiger partial charge in [-0.3, -0.25) is 0 Å². The summed E-state index contributed by atoms with van der Waals surface area (Å²) in [6.45, 7) is 6.96. The SMILES string of the molecule is CCOc1ccc(C(C)Nc2cccc(Br)c2C)cc1. The zero-order valence-electron chi connectivity index (χ0n) is 12.1. The lowest BCUT2D eigenvalue weighted by atomic mass is 10.1. The molecular formula is C17H20BrNO. The van der Waals surface area contributed by atoms with E-state index in [0.29, 0.717) is 6.61 Å². The molecule has 0 aliphatic rings. The van der Waals surface area contributed by atoms with E-state index in [1.165, 1.54) is 11.1 Å². The van der Waals surface area contributed by atoms with Crippen molar-refractivity contribution in [1.82, 2.24) is 0 Å². The maximum absolute atomic E-state index is 5.47. The number of hydrogen-bond acceptors (Lipinski definition) is 2. The van der Waals surface area contributed by atoms with E-state index in [1.807, 2.05) is 25.1 Å². The molecule has 1 N–H and O–H groups in total. The Hall–Kier alpha value is -1.48. The molecule has 0 saturated carbocycles. The van der Waals surface area contributed by atoms with Gasteiger partial charge in [-0.05, 0) is 56.2 Å². The van der Waals surface area contributed by atoms with Crippen LogP contribution in [0, 0.1) is 6.92 Å². The average Bonchev–Trinajstić information content (AvgIpc) is 2.45. The van der Waals surface area contributed by atoms with Gasteiger partial charge in [0.15, 0.2) is 0 Å². The summed E-state index contributed by atoms with van der Waals surface area (Å²) in [6.07, 6.45) is 0. The van der Waals surface area contributed by atoms with Crippen LogP contribution in [0.3, 0.4) is 0 Å². The molecule has 2 rings (SSSR count). The van der Waals surface area contributed by atoms with Crippen LogP contribution in [0.25, 0.3) is 0 Å². The number of halogens is 1. The van der Waals surface area contributed by atoms with Crippen molar-refractivity contribution < 1.29 is 4.74 Å². The van der Waals surface area contributed by atoms with Crippen molar-refractivity contribution in [3.8, 4) is 5.75 Å². The molecule has 0 amide bonds. The number of ether oxygens (including phenoxy) is 1. The van der Waals surface area contributed by atoms with Gasteiger partial charge < -0.3 is 10.1 Å². The molecule has 1 atom stereocenters. The topological polar surface area (TPSA) is 21.3 Å². The normalized spacial score (nSPS) is 12.0. The van der Waals surface area contributed by atoms with Crippen LogP contribution in [-0.4, -0.2) is 6.61 Å². The number of benzene rings is 2. The van der Waals surface area contributed by atoms with Gasteiger partial charge in [-0.15, -0.1) is 0 Å². The number of hydrogen-bond donors (Lipinski definition) is 1. The third-order valence-electron chi connectivity index (χ3n) is 3.33. The third kappa shape index (κ3) is 3.54. The first kappa shape index (κ1) is 14.9. The maximum Gasteiger partial charge on any atom is 0.119 e. The Morgan fingerprint density at radius 3 is 2.50 bits per heavy atom. The maximum atomic E-state index is 5.47. The Labute approximate surface area is 129 Å². The van der Waals surface area contributed by atoms with Crippen molar-refractivity contribution in [3.05, 3.63) is 58.1 Å². The molecule has 0 heterocycles. The van der Waals surface area contributed by atoms with Gasteiger partial charge in [0, 0.05) is 16.2 Å². The highest BCUT2D eigenvalue weighted by Crippen LogP contribution is 2.27. The van der Waals surface area contributed by atoms with Crippen molar-refractivity contribution in [2.24, 2.45) is 0 Å². The van der Waals surface area contributed by atoms with Crippen LogP contribution in [0.1, 0.15) is 31.0 Å². The first-order chi connectivity index (χ1) is 9.61. The number of rotatable bonds is 5. The van der Waals surface area contributed by atoms with Gasteiger partial charge in [0.2, 0.25) is 0 Å². The predicted molar refractivity (Wildman–Crippen MR) is 88.5 cm³/mol. The molecule has 20 heavy (non-hydrogen) atoms. The van der Waals surface area contributed by atoms with Crippen molar-refractivity contribution in [3.63, 3.8) is 0 Å².